The molecule has 2 fully saturated rings. The average Bonchev–Trinajstić information content (AvgIpc) is 2.92. The largest absolute Gasteiger partial charge is 0.450 e. The van der Waals surface area contributed by atoms with E-state index in [-0.39, 0.29) is 24.2 Å². The zero-order valence-electron chi connectivity index (χ0n) is 22.3. The summed E-state index contributed by atoms with van der Waals surface area (Å²) in [5.41, 5.74) is 1.78. The van der Waals surface area contributed by atoms with Crippen molar-refractivity contribution in [1.82, 2.24) is 10.2 Å². The Morgan fingerprint density at radius 2 is 1.76 bits per heavy atom. The molecule has 4 rings (SSSR count). The molecule has 38 heavy (non-hydrogen) atoms. The zero-order chi connectivity index (χ0) is 27.1. The maximum atomic E-state index is 14.5. The van der Waals surface area contributed by atoms with E-state index in [1.807, 2.05) is 31.2 Å². The van der Waals surface area contributed by atoms with E-state index in [1.165, 1.54) is 28.0 Å². The normalized spacial score (nSPS) is 18.9. The van der Waals surface area contributed by atoms with Crippen LogP contribution < -0.4 is 10.2 Å². The lowest BCUT2D eigenvalue weighted by atomic mass is 9.93. The summed E-state index contributed by atoms with van der Waals surface area (Å²) in [6.45, 7) is 4.20. The Labute approximate surface area is 224 Å². The third-order valence-corrected chi connectivity index (χ3v) is 7.56. The highest BCUT2D eigenvalue weighted by atomic mass is 19.1. The highest BCUT2D eigenvalue weighted by Gasteiger charge is 2.42. The molecule has 0 bridgehead atoms. The van der Waals surface area contributed by atoms with Gasteiger partial charge in [-0.15, -0.1) is 0 Å². The summed E-state index contributed by atoms with van der Waals surface area (Å²) in [4.78, 5) is 44.1. The van der Waals surface area contributed by atoms with E-state index in [2.05, 4.69) is 5.32 Å². The third-order valence-electron chi connectivity index (χ3n) is 7.56. The molecular weight excluding hydrogens is 485 g/mol. The third kappa shape index (κ3) is 6.34. The summed E-state index contributed by atoms with van der Waals surface area (Å²) < 4.78 is 19.8. The number of aryl methyl sites for hydroxylation is 1. The Morgan fingerprint density at radius 3 is 2.47 bits per heavy atom. The molecule has 7 nitrogen and oxygen atoms in total. The predicted octanol–water partition coefficient (Wildman–Crippen LogP) is 5.67. The number of carbonyl (C=O) groups excluding carboxylic acids is 3. The van der Waals surface area contributed by atoms with Crippen molar-refractivity contribution < 1.29 is 23.5 Å². The van der Waals surface area contributed by atoms with Gasteiger partial charge in [0.2, 0.25) is 5.91 Å². The first-order valence-electron chi connectivity index (χ1n) is 13.8. The van der Waals surface area contributed by atoms with Crippen LogP contribution in [0.1, 0.15) is 75.5 Å². The number of ether oxygens (including phenoxy) is 1. The van der Waals surface area contributed by atoms with Gasteiger partial charge < -0.3 is 10.1 Å². The van der Waals surface area contributed by atoms with E-state index in [1.54, 1.807) is 13.0 Å². The quantitative estimate of drug-likeness (QED) is 0.507. The second kappa shape index (κ2) is 12.9. The summed E-state index contributed by atoms with van der Waals surface area (Å²) >= 11 is 0. The first kappa shape index (κ1) is 27.6. The van der Waals surface area contributed by atoms with Crippen LogP contribution in [0.15, 0.2) is 48.5 Å². The van der Waals surface area contributed by atoms with E-state index < -0.39 is 29.9 Å². The molecule has 2 aliphatic rings. The van der Waals surface area contributed by atoms with Gasteiger partial charge in [-0.2, -0.15) is 0 Å². The minimum absolute atomic E-state index is 0.0259. The average molecular weight is 524 g/mol. The molecule has 204 valence electrons. The molecule has 2 atom stereocenters. The van der Waals surface area contributed by atoms with Crippen molar-refractivity contribution in [3.8, 4) is 0 Å². The van der Waals surface area contributed by atoms with Gasteiger partial charge >= 0.3 is 6.09 Å². The van der Waals surface area contributed by atoms with Crippen LogP contribution in [0, 0.1) is 12.7 Å². The number of benzene rings is 2. The van der Waals surface area contributed by atoms with Crippen molar-refractivity contribution in [2.45, 2.75) is 83.3 Å². The summed E-state index contributed by atoms with van der Waals surface area (Å²) in [7, 11) is 0. The smallest absolute Gasteiger partial charge is 0.410 e. The van der Waals surface area contributed by atoms with Crippen LogP contribution in [0.5, 0.6) is 0 Å². The number of likely N-dealkylation sites (tertiary alicyclic amines) is 1. The lowest BCUT2D eigenvalue weighted by molar-refractivity contribution is -0.130. The van der Waals surface area contributed by atoms with Crippen molar-refractivity contribution in [1.29, 1.82) is 0 Å². The van der Waals surface area contributed by atoms with Crippen LogP contribution in [-0.2, 0) is 14.3 Å². The number of nitrogens with zero attached hydrogens (tertiary/aromatic N) is 2. The summed E-state index contributed by atoms with van der Waals surface area (Å²) in [6, 6.07) is 11.4. The molecule has 1 aliphatic carbocycles. The number of amides is 3. The van der Waals surface area contributed by atoms with Crippen molar-refractivity contribution in [2.24, 2.45) is 0 Å². The lowest BCUT2D eigenvalue weighted by Crippen LogP contribution is -2.56. The maximum absolute atomic E-state index is 14.5. The van der Waals surface area contributed by atoms with Crippen LogP contribution in [0.25, 0.3) is 0 Å². The van der Waals surface area contributed by atoms with Gasteiger partial charge in [0.05, 0.1) is 6.61 Å². The van der Waals surface area contributed by atoms with Crippen molar-refractivity contribution in [3.05, 3.63) is 65.5 Å². The Balaban J connectivity index is 1.80. The number of anilines is 1. The molecule has 2 aromatic rings. The van der Waals surface area contributed by atoms with Gasteiger partial charge in [-0.3, -0.25) is 19.4 Å². The Kier molecular flexibility index (Phi) is 9.37. The number of piperidine rings is 1. The minimum Gasteiger partial charge on any atom is -0.450 e. The Morgan fingerprint density at radius 1 is 1.03 bits per heavy atom. The molecule has 1 heterocycles. The van der Waals surface area contributed by atoms with Gasteiger partial charge in [0.25, 0.3) is 5.91 Å². The molecule has 1 saturated heterocycles. The number of nitrogens with one attached hydrogen (secondary N) is 1. The van der Waals surface area contributed by atoms with Gasteiger partial charge in [-0.25, -0.2) is 9.18 Å². The minimum atomic E-state index is -1.03. The number of hydrogen-bond acceptors (Lipinski definition) is 4. The van der Waals surface area contributed by atoms with E-state index in [4.69, 9.17) is 4.74 Å². The van der Waals surface area contributed by atoms with E-state index >= 15 is 0 Å². The number of halogens is 1. The Bertz CT molecular complexity index is 1130. The predicted molar refractivity (Wildman–Crippen MR) is 144 cm³/mol. The zero-order valence-corrected chi connectivity index (χ0v) is 22.3. The maximum Gasteiger partial charge on any atom is 0.410 e. The van der Waals surface area contributed by atoms with Gasteiger partial charge in [-0.1, -0.05) is 49.6 Å². The highest BCUT2D eigenvalue weighted by molar-refractivity contribution is 6.04. The number of rotatable bonds is 7. The lowest BCUT2D eigenvalue weighted by Gasteiger charge is -2.40. The molecule has 1 aliphatic heterocycles. The topological polar surface area (TPSA) is 79.0 Å². The first-order chi connectivity index (χ1) is 18.4. The molecule has 1 N–H and O–H groups in total. The van der Waals surface area contributed by atoms with Gasteiger partial charge in [0.1, 0.15) is 17.9 Å². The van der Waals surface area contributed by atoms with Crippen molar-refractivity contribution in [3.63, 3.8) is 0 Å². The summed E-state index contributed by atoms with van der Waals surface area (Å²) in [5, 5.41) is 3.19. The van der Waals surface area contributed by atoms with E-state index in [0.29, 0.717) is 18.5 Å². The van der Waals surface area contributed by atoms with Crippen LogP contribution in [0.3, 0.4) is 0 Å². The van der Waals surface area contributed by atoms with E-state index in [0.717, 1.165) is 50.5 Å². The van der Waals surface area contributed by atoms with Gasteiger partial charge in [0.15, 0.2) is 0 Å². The van der Waals surface area contributed by atoms with Crippen molar-refractivity contribution in [2.75, 3.05) is 18.1 Å². The first-order valence-corrected chi connectivity index (χ1v) is 13.8. The van der Waals surface area contributed by atoms with Crippen LogP contribution >= 0.6 is 0 Å². The molecule has 2 unspecified atom stereocenters. The standard InChI is InChI=1S/C30H38FN3O4/c1-3-38-30(37)33-19-10-9-18-26(33)29(36)34(24-16-11-13-22(31)20-24)27(25-17-8-7-12-21(25)2)28(35)32-23-14-5-4-6-15-23/h7-8,11-13,16-17,20,23,26-27H,3-6,9-10,14-15,18-19H2,1-2H3,(H,32,35). The molecule has 2 aromatic carbocycles. The Hall–Kier alpha value is -3.42. The summed E-state index contributed by atoms with van der Waals surface area (Å²) in [6.07, 6.45) is 6.41. The number of carbonyl (C=O) groups is 3. The molecule has 8 heteroatoms. The van der Waals surface area contributed by atoms with Crippen LogP contribution in [0.4, 0.5) is 14.9 Å². The van der Waals surface area contributed by atoms with E-state index in [9.17, 15) is 18.8 Å². The SMILES string of the molecule is CCOC(=O)N1CCCCC1C(=O)N(c1cccc(F)c1)C(C(=O)NC1CCCCC1)c1ccccc1C. The van der Waals surface area contributed by atoms with Crippen molar-refractivity contribution >= 4 is 23.6 Å². The monoisotopic (exact) mass is 523 g/mol. The summed E-state index contributed by atoms with van der Waals surface area (Å²) in [5.74, 6) is -1.24. The fourth-order valence-corrected chi connectivity index (χ4v) is 5.62. The molecule has 0 spiro atoms. The molecular formula is C30H38FN3O4. The number of hydrogen-bond donors (Lipinski definition) is 1. The molecule has 3 amide bonds. The fraction of sp³-hybridized carbons (Fsp3) is 0.500. The van der Waals surface area contributed by atoms with Crippen LogP contribution in [0.2, 0.25) is 0 Å². The molecule has 1 saturated carbocycles. The highest BCUT2D eigenvalue weighted by Crippen LogP contribution is 2.34. The second-order valence-electron chi connectivity index (χ2n) is 10.2. The molecule has 0 aromatic heterocycles. The van der Waals surface area contributed by atoms with Gasteiger partial charge in [0, 0.05) is 18.3 Å². The van der Waals surface area contributed by atoms with Crippen LogP contribution in [-0.4, -0.2) is 48.0 Å². The van der Waals surface area contributed by atoms with Gasteiger partial charge in [-0.05, 0) is 75.3 Å². The molecule has 0 radical (unpaired) electrons. The second-order valence-corrected chi connectivity index (χ2v) is 10.2. The fourth-order valence-electron chi connectivity index (χ4n) is 5.62.